The van der Waals surface area contributed by atoms with Gasteiger partial charge in [-0.1, -0.05) is 30.3 Å². The van der Waals surface area contributed by atoms with Crippen molar-refractivity contribution in [2.24, 2.45) is 0 Å². The van der Waals surface area contributed by atoms with Crippen LogP contribution in [0.3, 0.4) is 0 Å². The third kappa shape index (κ3) is 3.32. The minimum Gasteiger partial charge on any atom is -0.490 e. The van der Waals surface area contributed by atoms with Crippen molar-refractivity contribution in [3.8, 4) is 5.75 Å². The maximum atomic E-state index is 14.3. The number of nitrogens with one attached hydrogen (secondary N) is 1. The molecule has 1 aliphatic rings. The third-order valence-electron chi connectivity index (χ3n) is 5.56. The van der Waals surface area contributed by atoms with Crippen LogP contribution in [-0.2, 0) is 6.54 Å². The van der Waals surface area contributed by atoms with Crippen LogP contribution in [0.4, 0.5) is 4.39 Å². The number of hydrogen-bond donors (Lipinski definition) is 1. The van der Waals surface area contributed by atoms with Crippen molar-refractivity contribution in [2.75, 3.05) is 0 Å². The molecular formula is C24H21FN2O. The molecule has 5 rings (SSSR count). The molecule has 1 fully saturated rings. The van der Waals surface area contributed by atoms with Gasteiger partial charge in [0, 0.05) is 35.9 Å². The maximum absolute atomic E-state index is 14.3. The summed E-state index contributed by atoms with van der Waals surface area (Å²) in [5, 5.41) is 7.77. The lowest BCUT2D eigenvalue weighted by atomic mass is 9.89. The van der Waals surface area contributed by atoms with Crippen LogP contribution in [0.5, 0.6) is 5.75 Å². The number of benzene rings is 3. The molecule has 3 nitrogen and oxygen atoms in total. The Hall–Kier alpha value is -2.98. The highest BCUT2D eigenvalue weighted by Gasteiger charge is 2.30. The molecule has 1 heterocycles. The molecule has 1 aliphatic carbocycles. The summed E-state index contributed by atoms with van der Waals surface area (Å²) in [5.41, 5.74) is 0.707. The number of halogens is 1. The van der Waals surface area contributed by atoms with Crippen molar-refractivity contribution in [3.05, 3.63) is 84.4 Å². The molecule has 0 radical (unpaired) electrons. The Balaban J connectivity index is 1.19. The van der Waals surface area contributed by atoms with E-state index in [9.17, 15) is 4.39 Å². The average Bonchev–Trinajstić information content (AvgIpc) is 2.70. The van der Waals surface area contributed by atoms with Gasteiger partial charge in [-0.3, -0.25) is 4.98 Å². The summed E-state index contributed by atoms with van der Waals surface area (Å²) in [6, 6.07) is 20.0. The van der Waals surface area contributed by atoms with Gasteiger partial charge in [-0.25, -0.2) is 4.39 Å². The topological polar surface area (TPSA) is 34.2 Å². The highest BCUT2D eigenvalue weighted by atomic mass is 19.1. The fourth-order valence-corrected chi connectivity index (χ4v) is 3.89. The molecule has 0 atom stereocenters. The Morgan fingerprint density at radius 1 is 0.964 bits per heavy atom. The summed E-state index contributed by atoms with van der Waals surface area (Å²) in [6.07, 6.45) is 5.55. The first-order valence-electron chi connectivity index (χ1n) is 9.66. The van der Waals surface area contributed by atoms with Gasteiger partial charge in [0.15, 0.2) is 0 Å². The molecule has 0 aliphatic heterocycles. The van der Waals surface area contributed by atoms with Gasteiger partial charge >= 0.3 is 0 Å². The zero-order chi connectivity index (χ0) is 18.9. The largest absolute Gasteiger partial charge is 0.490 e. The molecule has 0 bridgehead atoms. The molecule has 0 spiro atoms. The maximum Gasteiger partial charge on any atom is 0.128 e. The van der Waals surface area contributed by atoms with Gasteiger partial charge in [0.1, 0.15) is 17.7 Å². The average molecular weight is 372 g/mol. The Labute approximate surface area is 163 Å². The van der Waals surface area contributed by atoms with Crippen LogP contribution in [0.2, 0.25) is 0 Å². The lowest BCUT2D eigenvalue weighted by Gasteiger charge is -2.36. The van der Waals surface area contributed by atoms with Crippen molar-refractivity contribution in [1.29, 1.82) is 0 Å². The Morgan fingerprint density at radius 2 is 1.79 bits per heavy atom. The van der Waals surface area contributed by atoms with Gasteiger partial charge in [-0.2, -0.15) is 0 Å². The molecule has 1 saturated carbocycles. The molecule has 0 saturated heterocycles. The van der Waals surface area contributed by atoms with Crippen molar-refractivity contribution < 1.29 is 9.13 Å². The Bertz CT molecular complexity index is 1140. The number of nitrogens with zero attached hydrogens (tertiary/aromatic N) is 1. The van der Waals surface area contributed by atoms with Crippen LogP contribution in [-0.4, -0.2) is 17.1 Å². The second-order valence-corrected chi connectivity index (χ2v) is 7.42. The van der Waals surface area contributed by atoms with E-state index in [4.69, 9.17) is 4.74 Å². The van der Waals surface area contributed by atoms with Gasteiger partial charge in [-0.15, -0.1) is 0 Å². The van der Waals surface area contributed by atoms with E-state index in [0.29, 0.717) is 18.2 Å². The van der Waals surface area contributed by atoms with Crippen LogP contribution < -0.4 is 10.1 Å². The number of rotatable bonds is 5. The fourth-order valence-electron chi connectivity index (χ4n) is 3.89. The molecule has 28 heavy (non-hydrogen) atoms. The molecule has 3 aromatic carbocycles. The highest BCUT2D eigenvalue weighted by molar-refractivity contribution is 5.85. The van der Waals surface area contributed by atoms with Crippen LogP contribution in [0, 0.1) is 5.82 Å². The standard InChI is InChI=1S/C24H21FN2O/c25-24-8-6-18-14-26-10-9-22(18)23(24)15-27-19-12-21(13-19)28-20-7-5-16-3-1-2-4-17(16)11-20/h1-11,14,19,21,27H,12-13,15H2/t19-,21-. The predicted molar refractivity (Wildman–Crippen MR) is 110 cm³/mol. The van der Waals surface area contributed by atoms with E-state index >= 15 is 0 Å². The normalized spacial score (nSPS) is 18.9. The molecule has 140 valence electrons. The van der Waals surface area contributed by atoms with Gasteiger partial charge in [0.25, 0.3) is 0 Å². The summed E-state index contributed by atoms with van der Waals surface area (Å²) in [5.74, 6) is 0.740. The summed E-state index contributed by atoms with van der Waals surface area (Å²) in [7, 11) is 0. The number of pyridine rings is 1. The van der Waals surface area contributed by atoms with Crippen molar-refractivity contribution in [2.45, 2.75) is 31.5 Å². The lowest BCUT2D eigenvalue weighted by molar-refractivity contribution is 0.0844. The van der Waals surface area contributed by atoms with Crippen LogP contribution in [0.1, 0.15) is 18.4 Å². The molecule has 1 N–H and O–H groups in total. The molecule has 0 unspecified atom stereocenters. The van der Waals surface area contributed by atoms with Crippen molar-refractivity contribution >= 4 is 21.5 Å². The summed E-state index contributed by atoms with van der Waals surface area (Å²) < 4.78 is 20.4. The smallest absolute Gasteiger partial charge is 0.128 e. The second kappa shape index (κ2) is 7.21. The van der Waals surface area contributed by atoms with E-state index in [1.54, 1.807) is 18.5 Å². The zero-order valence-corrected chi connectivity index (χ0v) is 15.4. The van der Waals surface area contributed by atoms with Crippen molar-refractivity contribution in [3.63, 3.8) is 0 Å². The van der Waals surface area contributed by atoms with Gasteiger partial charge < -0.3 is 10.1 Å². The van der Waals surface area contributed by atoms with Gasteiger partial charge in [0.05, 0.1) is 0 Å². The monoisotopic (exact) mass is 372 g/mol. The molecule has 0 amide bonds. The summed E-state index contributed by atoms with van der Waals surface area (Å²) in [4.78, 5) is 4.12. The predicted octanol–water partition coefficient (Wildman–Crippen LogP) is 5.23. The van der Waals surface area contributed by atoms with E-state index in [2.05, 4.69) is 34.6 Å². The first kappa shape index (κ1) is 17.1. The quantitative estimate of drug-likeness (QED) is 0.521. The summed E-state index contributed by atoms with van der Waals surface area (Å²) >= 11 is 0. The number of ether oxygens (including phenoxy) is 1. The number of fused-ring (bicyclic) bond motifs is 2. The highest BCUT2D eigenvalue weighted by Crippen LogP contribution is 2.29. The van der Waals surface area contributed by atoms with E-state index in [0.717, 1.165) is 29.4 Å². The Morgan fingerprint density at radius 3 is 2.68 bits per heavy atom. The van der Waals surface area contributed by atoms with Crippen molar-refractivity contribution in [1.82, 2.24) is 10.3 Å². The van der Waals surface area contributed by atoms with Crippen LogP contribution >= 0.6 is 0 Å². The molecule has 4 aromatic rings. The van der Waals surface area contributed by atoms with E-state index in [1.165, 1.54) is 16.8 Å². The first-order valence-corrected chi connectivity index (χ1v) is 9.66. The third-order valence-corrected chi connectivity index (χ3v) is 5.56. The van der Waals surface area contributed by atoms with Crippen LogP contribution in [0.15, 0.2) is 73.1 Å². The Kier molecular flexibility index (Phi) is 4.41. The summed E-state index contributed by atoms with van der Waals surface area (Å²) in [6.45, 7) is 0.514. The SMILES string of the molecule is Fc1ccc2cnccc2c1CN[C@H]1C[C@H](Oc2ccc3ccccc3c2)C1. The van der Waals surface area contributed by atoms with Crippen LogP contribution in [0.25, 0.3) is 21.5 Å². The molecular weight excluding hydrogens is 351 g/mol. The zero-order valence-electron chi connectivity index (χ0n) is 15.4. The molecule has 1 aromatic heterocycles. The number of hydrogen-bond acceptors (Lipinski definition) is 3. The van der Waals surface area contributed by atoms with E-state index < -0.39 is 0 Å². The number of aromatic nitrogens is 1. The van der Waals surface area contributed by atoms with Gasteiger partial charge in [-0.05, 0) is 59.3 Å². The fraction of sp³-hybridized carbons (Fsp3) is 0.208. The first-order chi connectivity index (χ1) is 13.8. The minimum absolute atomic E-state index is 0.172. The lowest BCUT2D eigenvalue weighted by Crippen LogP contribution is -2.46. The minimum atomic E-state index is -0.172. The van der Waals surface area contributed by atoms with E-state index in [-0.39, 0.29) is 11.9 Å². The molecule has 4 heteroatoms. The van der Waals surface area contributed by atoms with Gasteiger partial charge in [0.2, 0.25) is 0 Å². The van der Waals surface area contributed by atoms with E-state index in [1.807, 2.05) is 24.3 Å². The second-order valence-electron chi connectivity index (χ2n) is 7.42.